The van der Waals surface area contributed by atoms with Crippen LogP contribution >= 0.6 is 27.5 Å². The molecule has 0 saturated carbocycles. The summed E-state index contributed by atoms with van der Waals surface area (Å²) in [5, 5.41) is 0.414. The van der Waals surface area contributed by atoms with Gasteiger partial charge in [-0.05, 0) is 40.0 Å². The van der Waals surface area contributed by atoms with Crippen LogP contribution in [0, 0.1) is 0 Å². The molecule has 1 aromatic heterocycles. The molecule has 5 heteroatoms. The summed E-state index contributed by atoms with van der Waals surface area (Å²) in [7, 11) is 1.95. The molecule has 0 fully saturated rings. The van der Waals surface area contributed by atoms with Crippen LogP contribution in [0.5, 0.6) is 0 Å². The highest BCUT2D eigenvalue weighted by molar-refractivity contribution is 9.10. The minimum atomic E-state index is 0.414. The van der Waals surface area contributed by atoms with E-state index in [4.69, 9.17) is 11.6 Å². The number of aromatic nitrogens is 2. The van der Waals surface area contributed by atoms with E-state index < -0.39 is 0 Å². The maximum atomic E-state index is 5.97. The molecule has 2 aromatic rings. The summed E-state index contributed by atoms with van der Waals surface area (Å²) >= 11 is 9.38. The van der Waals surface area contributed by atoms with Gasteiger partial charge in [-0.3, -0.25) is 0 Å². The SMILES string of the molecule is CCc1ccc(N(C)c2ncnc(Cl)c2Br)cc1. The predicted octanol–water partition coefficient (Wildman–Crippen LogP) is 4.22. The fraction of sp³-hybridized carbons (Fsp3) is 0.231. The van der Waals surface area contributed by atoms with Gasteiger partial charge in [-0.15, -0.1) is 0 Å². The van der Waals surface area contributed by atoms with Crippen molar-refractivity contribution in [2.75, 3.05) is 11.9 Å². The molecule has 0 saturated heterocycles. The molecule has 0 aliphatic heterocycles. The third-order valence-corrected chi connectivity index (χ3v) is 4.02. The van der Waals surface area contributed by atoms with E-state index in [0.717, 1.165) is 17.9 Å². The Morgan fingerprint density at radius 1 is 1.22 bits per heavy atom. The van der Waals surface area contributed by atoms with Crippen LogP contribution in [-0.2, 0) is 6.42 Å². The Morgan fingerprint density at radius 2 is 1.89 bits per heavy atom. The third-order valence-electron chi connectivity index (χ3n) is 2.78. The molecule has 94 valence electrons. The summed E-state index contributed by atoms with van der Waals surface area (Å²) in [4.78, 5) is 10.1. The van der Waals surface area contributed by atoms with Crippen molar-refractivity contribution in [1.82, 2.24) is 9.97 Å². The third kappa shape index (κ3) is 2.65. The minimum Gasteiger partial charge on any atom is -0.328 e. The highest BCUT2D eigenvalue weighted by Gasteiger charge is 2.12. The molecule has 1 aromatic carbocycles. The molecule has 0 aliphatic rings. The molecule has 3 nitrogen and oxygen atoms in total. The highest BCUT2D eigenvalue weighted by Crippen LogP contribution is 2.32. The van der Waals surface area contributed by atoms with Crippen molar-refractivity contribution >= 4 is 39.0 Å². The minimum absolute atomic E-state index is 0.414. The first-order chi connectivity index (χ1) is 8.63. The van der Waals surface area contributed by atoms with Gasteiger partial charge in [0, 0.05) is 12.7 Å². The van der Waals surface area contributed by atoms with Gasteiger partial charge in [0.05, 0.1) is 4.47 Å². The summed E-state index contributed by atoms with van der Waals surface area (Å²) < 4.78 is 0.703. The number of benzene rings is 1. The molecule has 0 bridgehead atoms. The first-order valence-electron chi connectivity index (χ1n) is 5.62. The quantitative estimate of drug-likeness (QED) is 0.791. The average Bonchev–Trinajstić information content (AvgIpc) is 2.41. The van der Waals surface area contributed by atoms with E-state index in [1.54, 1.807) is 0 Å². The molecular weight excluding hydrogens is 314 g/mol. The van der Waals surface area contributed by atoms with E-state index in [0.29, 0.717) is 9.63 Å². The number of anilines is 2. The normalized spacial score (nSPS) is 10.4. The smallest absolute Gasteiger partial charge is 0.152 e. The molecular formula is C13H13BrClN3. The van der Waals surface area contributed by atoms with Crippen molar-refractivity contribution in [3.05, 3.63) is 45.8 Å². The Balaban J connectivity index is 2.35. The fourth-order valence-corrected chi connectivity index (χ4v) is 2.25. The summed E-state index contributed by atoms with van der Waals surface area (Å²) in [6.45, 7) is 2.14. The van der Waals surface area contributed by atoms with Crippen LogP contribution in [0.1, 0.15) is 12.5 Å². The second kappa shape index (κ2) is 5.67. The Bertz CT molecular complexity index is 542. The van der Waals surface area contributed by atoms with Crippen LogP contribution in [0.4, 0.5) is 11.5 Å². The molecule has 0 unspecified atom stereocenters. The van der Waals surface area contributed by atoms with Crippen LogP contribution in [0.15, 0.2) is 35.1 Å². The van der Waals surface area contributed by atoms with Crippen molar-refractivity contribution in [2.45, 2.75) is 13.3 Å². The molecule has 18 heavy (non-hydrogen) atoms. The van der Waals surface area contributed by atoms with Crippen molar-refractivity contribution < 1.29 is 0 Å². The van der Waals surface area contributed by atoms with Crippen molar-refractivity contribution in [2.24, 2.45) is 0 Å². The lowest BCUT2D eigenvalue weighted by atomic mass is 10.1. The van der Waals surface area contributed by atoms with Gasteiger partial charge in [-0.2, -0.15) is 0 Å². The fourth-order valence-electron chi connectivity index (χ4n) is 1.65. The van der Waals surface area contributed by atoms with E-state index in [9.17, 15) is 0 Å². The molecule has 0 radical (unpaired) electrons. The lowest BCUT2D eigenvalue weighted by Gasteiger charge is -2.19. The molecule has 0 spiro atoms. The van der Waals surface area contributed by atoms with Crippen LogP contribution in [0.3, 0.4) is 0 Å². The van der Waals surface area contributed by atoms with Crippen molar-refractivity contribution in [3.63, 3.8) is 0 Å². The van der Waals surface area contributed by atoms with Crippen molar-refractivity contribution in [3.8, 4) is 0 Å². The monoisotopic (exact) mass is 325 g/mol. The van der Waals surface area contributed by atoms with Gasteiger partial charge >= 0.3 is 0 Å². The average molecular weight is 327 g/mol. The van der Waals surface area contributed by atoms with E-state index in [-0.39, 0.29) is 0 Å². The zero-order chi connectivity index (χ0) is 13.1. The Morgan fingerprint density at radius 3 is 2.50 bits per heavy atom. The van der Waals surface area contributed by atoms with Crippen molar-refractivity contribution in [1.29, 1.82) is 0 Å². The van der Waals surface area contributed by atoms with Crippen LogP contribution in [0.25, 0.3) is 0 Å². The van der Waals surface area contributed by atoms with Gasteiger partial charge in [0.25, 0.3) is 0 Å². The maximum absolute atomic E-state index is 5.97. The number of rotatable bonds is 3. The van der Waals surface area contributed by atoms with Gasteiger partial charge in [0.2, 0.25) is 0 Å². The van der Waals surface area contributed by atoms with Gasteiger partial charge in [0.15, 0.2) is 5.82 Å². The van der Waals surface area contributed by atoms with Crippen LogP contribution in [0.2, 0.25) is 5.15 Å². The number of aryl methyl sites for hydroxylation is 1. The van der Waals surface area contributed by atoms with Crippen LogP contribution < -0.4 is 4.90 Å². The van der Waals surface area contributed by atoms with E-state index >= 15 is 0 Å². The van der Waals surface area contributed by atoms with E-state index in [1.165, 1.54) is 11.9 Å². The predicted molar refractivity (Wildman–Crippen MR) is 78.6 cm³/mol. The molecule has 0 amide bonds. The first kappa shape index (κ1) is 13.3. The molecule has 0 N–H and O–H groups in total. The van der Waals surface area contributed by atoms with Crippen LogP contribution in [-0.4, -0.2) is 17.0 Å². The first-order valence-corrected chi connectivity index (χ1v) is 6.79. The largest absolute Gasteiger partial charge is 0.328 e. The molecule has 0 aliphatic carbocycles. The molecule has 1 heterocycles. The lowest BCUT2D eigenvalue weighted by Crippen LogP contribution is -2.12. The standard InChI is InChI=1S/C13H13BrClN3/c1-3-9-4-6-10(7-5-9)18(2)13-11(14)12(15)16-8-17-13/h4-8H,3H2,1-2H3. The second-order valence-corrected chi connectivity index (χ2v) is 5.03. The van der Waals surface area contributed by atoms with E-state index in [2.05, 4.69) is 57.1 Å². The Kier molecular flexibility index (Phi) is 4.19. The summed E-state index contributed by atoms with van der Waals surface area (Å²) in [5.41, 5.74) is 2.37. The molecule has 0 atom stereocenters. The zero-order valence-electron chi connectivity index (χ0n) is 10.2. The van der Waals surface area contributed by atoms with E-state index in [1.807, 2.05) is 11.9 Å². The zero-order valence-corrected chi connectivity index (χ0v) is 12.5. The number of hydrogen-bond acceptors (Lipinski definition) is 3. The van der Waals surface area contributed by atoms with Gasteiger partial charge < -0.3 is 4.90 Å². The Hall–Kier alpha value is -1.13. The maximum Gasteiger partial charge on any atom is 0.152 e. The molecule has 2 rings (SSSR count). The summed E-state index contributed by atoms with van der Waals surface area (Å²) in [6.07, 6.45) is 2.49. The lowest BCUT2D eigenvalue weighted by molar-refractivity contribution is 1.06. The van der Waals surface area contributed by atoms with Gasteiger partial charge in [-0.1, -0.05) is 30.7 Å². The highest BCUT2D eigenvalue weighted by atomic mass is 79.9. The summed E-state index contributed by atoms with van der Waals surface area (Å²) in [5.74, 6) is 0.749. The number of nitrogens with zero attached hydrogens (tertiary/aromatic N) is 3. The number of hydrogen-bond donors (Lipinski definition) is 0. The Labute approximate surface area is 120 Å². The van der Waals surface area contributed by atoms with Gasteiger partial charge in [-0.25, -0.2) is 9.97 Å². The second-order valence-electron chi connectivity index (χ2n) is 3.88. The summed E-state index contributed by atoms with van der Waals surface area (Å²) in [6, 6.07) is 8.37. The van der Waals surface area contributed by atoms with Gasteiger partial charge in [0.1, 0.15) is 11.5 Å². The number of halogens is 2. The topological polar surface area (TPSA) is 29.0 Å².